The largest absolute Gasteiger partial charge is 0.393 e. The predicted octanol–water partition coefficient (Wildman–Crippen LogP) is 7.17. The van der Waals surface area contributed by atoms with Crippen LogP contribution in [0.25, 0.3) is 0 Å². The van der Waals surface area contributed by atoms with Gasteiger partial charge < -0.3 is 5.11 Å². The molecule has 5 heteroatoms. The van der Waals surface area contributed by atoms with Gasteiger partial charge in [0.2, 0.25) is 5.91 Å². The van der Waals surface area contributed by atoms with Crippen molar-refractivity contribution in [3.05, 3.63) is 11.6 Å². The van der Waals surface area contributed by atoms with Crippen LogP contribution in [0.4, 0.5) is 0 Å². The summed E-state index contributed by atoms with van der Waals surface area (Å²) in [6.07, 6.45) is 10.4. The molecular formula is C34H55NO4. The highest BCUT2D eigenvalue weighted by Gasteiger charge is 2.70. The predicted molar refractivity (Wildman–Crippen MR) is 154 cm³/mol. The van der Waals surface area contributed by atoms with Crippen molar-refractivity contribution in [2.45, 2.75) is 139 Å². The van der Waals surface area contributed by atoms with Gasteiger partial charge in [0.1, 0.15) is 0 Å². The molecule has 0 heterocycles. The lowest BCUT2D eigenvalue weighted by atomic mass is 9.33. The molecule has 220 valence electrons. The highest BCUT2D eigenvalue weighted by atomic mass is 16.7. The second-order valence-electron chi connectivity index (χ2n) is 17.3. The summed E-state index contributed by atoms with van der Waals surface area (Å²) >= 11 is 0. The van der Waals surface area contributed by atoms with E-state index < -0.39 is 11.0 Å². The molecule has 5 rings (SSSR count). The summed E-state index contributed by atoms with van der Waals surface area (Å²) in [4.78, 5) is 33.6. The van der Waals surface area contributed by atoms with Crippen molar-refractivity contribution in [3.8, 4) is 0 Å². The van der Waals surface area contributed by atoms with Gasteiger partial charge in [-0.25, -0.2) is 5.48 Å². The molecule has 5 aliphatic rings. The average molecular weight is 542 g/mol. The highest BCUT2D eigenvalue weighted by Crippen LogP contribution is 2.75. The molecule has 1 amide bonds. The molecule has 0 aromatic heterocycles. The summed E-state index contributed by atoms with van der Waals surface area (Å²) < 4.78 is 0. The van der Waals surface area contributed by atoms with Gasteiger partial charge in [-0.3, -0.25) is 14.4 Å². The zero-order chi connectivity index (χ0) is 29.0. The number of hydroxylamine groups is 1. The number of ketones is 1. The number of amides is 1. The standard InChI is InChI=1S/C34H55NO4/c1-28(2,3)39-35-27(38)31(7)16-15-30(6)17-18-33(9)21(22(30)20-31)19-23(36)26-32(8)13-12-25(37)29(4,5)24(32)11-14-34(26,33)10/h19,22,24-26,37H,11-18,20H2,1-10H3,(H,35,38)/t22?,24?,25-,26?,30+,31-,32-,33+,34+/m0/s1. The van der Waals surface area contributed by atoms with Crippen molar-refractivity contribution >= 4 is 11.7 Å². The molecule has 0 radical (unpaired) electrons. The van der Waals surface area contributed by atoms with E-state index in [4.69, 9.17) is 4.84 Å². The fourth-order valence-corrected chi connectivity index (χ4v) is 10.7. The van der Waals surface area contributed by atoms with E-state index in [1.54, 1.807) is 0 Å². The number of carbonyl (C=O) groups is 2. The van der Waals surface area contributed by atoms with E-state index in [1.807, 2.05) is 20.8 Å². The van der Waals surface area contributed by atoms with Gasteiger partial charge in [0, 0.05) is 11.3 Å². The maximum absolute atomic E-state index is 14.4. The number of aliphatic hydroxyl groups excluding tert-OH is 1. The SMILES string of the molecule is CC(C)(C)ONC(=O)[C@@]1(C)CC[C@]2(C)CC[C@]3(C)C(=CC(=O)C4[C@@]5(C)CC[C@H](O)C(C)(C)C5CC[C@]43C)C2C1. The molecule has 4 fully saturated rings. The Morgan fingerprint density at radius 2 is 1.59 bits per heavy atom. The van der Waals surface area contributed by atoms with Crippen LogP contribution in [0.1, 0.15) is 127 Å². The van der Waals surface area contributed by atoms with Gasteiger partial charge in [-0.15, -0.1) is 0 Å². The van der Waals surface area contributed by atoms with Crippen LogP contribution in [-0.4, -0.2) is 28.5 Å². The molecule has 2 N–H and O–H groups in total. The fourth-order valence-electron chi connectivity index (χ4n) is 10.7. The molecule has 3 unspecified atom stereocenters. The van der Waals surface area contributed by atoms with Gasteiger partial charge in [0.25, 0.3) is 0 Å². The van der Waals surface area contributed by atoms with E-state index in [1.165, 1.54) is 5.57 Å². The minimum atomic E-state index is -0.525. The van der Waals surface area contributed by atoms with E-state index >= 15 is 0 Å². The summed E-state index contributed by atoms with van der Waals surface area (Å²) in [6.45, 7) is 22.0. The second kappa shape index (κ2) is 8.66. The van der Waals surface area contributed by atoms with E-state index in [0.29, 0.717) is 11.7 Å². The van der Waals surface area contributed by atoms with Crippen molar-refractivity contribution in [1.82, 2.24) is 5.48 Å². The minimum Gasteiger partial charge on any atom is -0.393 e. The quantitative estimate of drug-likeness (QED) is 0.363. The van der Waals surface area contributed by atoms with Crippen molar-refractivity contribution in [3.63, 3.8) is 0 Å². The molecule has 5 aliphatic carbocycles. The summed E-state index contributed by atoms with van der Waals surface area (Å²) in [5.41, 5.74) is 2.77. The van der Waals surface area contributed by atoms with E-state index in [0.717, 1.165) is 57.8 Å². The Labute approximate surface area is 237 Å². The first-order valence-electron chi connectivity index (χ1n) is 15.7. The Morgan fingerprint density at radius 1 is 0.949 bits per heavy atom. The zero-order valence-corrected chi connectivity index (χ0v) is 26.4. The van der Waals surface area contributed by atoms with Gasteiger partial charge in [-0.1, -0.05) is 54.0 Å². The van der Waals surface area contributed by atoms with Crippen molar-refractivity contribution in [1.29, 1.82) is 0 Å². The third-order valence-corrected chi connectivity index (χ3v) is 13.6. The van der Waals surface area contributed by atoms with Crippen molar-refractivity contribution in [2.24, 2.45) is 50.2 Å². The maximum Gasteiger partial charge on any atom is 0.249 e. The molecule has 4 saturated carbocycles. The summed E-state index contributed by atoms with van der Waals surface area (Å²) in [7, 11) is 0. The normalized spacial score (nSPS) is 49.1. The van der Waals surface area contributed by atoms with Gasteiger partial charge in [0.15, 0.2) is 5.78 Å². The van der Waals surface area contributed by atoms with E-state index in [-0.39, 0.29) is 50.9 Å². The van der Waals surface area contributed by atoms with Crippen LogP contribution in [0.2, 0.25) is 0 Å². The summed E-state index contributed by atoms with van der Waals surface area (Å²) in [6, 6.07) is 0. The lowest BCUT2D eigenvalue weighted by Crippen LogP contribution is -2.66. The van der Waals surface area contributed by atoms with E-state index in [9.17, 15) is 14.7 Å². The van der Waals surface area contributed by atoms with Gasteiger partial charge in [-0.05, 0) is 124 Å². The van der Waals surface area contributed by atoms with Gasteiger partial charge >= 0.3 is 0 Å². The molecule has 0 aliphatic heterocycles. The van der Waals surface area contributed by atoms with Crippen molar-refractivity contribution < 1.29 is 19.5 Å². The molecule has 5 nitrogen and oxygen atoms in total. The molecule has 0 bridgehead atoms. The summed E-state index contributed by atoms with van der Waals surface area (Å²) in [5.74, 6) is 0.808. The first-order chi connectivity index (χ1) is 17.7. The Kier molecular flexibility index (Phi) is 6.51. The molecular weight excluding hydrogens is 486 g/mol. The smallest absolute Gasteiger partial charge is 0.249 e. The zero-order valence-electron chi connectivity index (χ0n) is 26.4. The summed E-state index contributed by atoms with van der Waals surface area (Å²) in [5, 5.41) is 11.0. The van der Waals surface area contributed by atoms with Crippen LogP contribution in [0.5, 0.6) is 0 Å². The number of hydrogen-bond acceptors (Lipinski definition) is 4. The molecule has 39 heavy (non-hydrogen) atoms. The maximum atomic E-state index is 14.4. The molecule has 0 aromatic carbocycles. The molecule has 0 aromatic rings. The van der Waals surface area contributed by atoms with Crippen LogP contribution in [0, 0.1) is 50.2 Å². The van der Waals surface area contributed by atoms with E-state index in [2.05, 4.69) is 60.0 Å². The molecule has 0 saturated heterocycles. The number of aliphatic hydroxyl groups is 1. The van der Waals surface area contributed by atoms with Crippen LogP contribution < -0.4 is 5.48 Å². The first-order valence-corrected chi connectivity index (χ1v) is 15.7. The lowest BCUT2D eigenvalue weighted by Gasteiger charge is -2.70. The third-order valence-electron chi connectivity index (χ3n) is 13.6. The van der Waals surface area contributed by atoms with Crippen LogP contribution >= 0.6 is 0 Å². The number of rotatable bonds is 2. The number of fused-ring (bicyclic) bond motifs is 7. The Hall–Kier alpha value is -1.20. The van der Waals surface area contributed by atoms with Crippen LogP contribution in [-0.2, 0) is 14.4 Å². The number of hydrogen-bond donors (Lipinski definition) is 2. The molecule has 0 spiro atoms. The Bertz CT molecular complexity index is 1090. The Balaban J connectivity index is 1.53. The van der Waals surface area contributed by atoms with Gasteiger partial charge in [0.05, 0.1) is 11.7 Å². The fraction of sp³-hybridized carbons (Fsp3) is 0.882. The third kappa shape index (κ3) is 4.06. The van der Waals surface area contributed by atoms with Crippen LogP contribution in [0.3, 0.4) is 0 Å². The van der Waals surface area contributed by atoms with Crippen molar-refractivity contribution in [2.75, 3.05) is 0 Å². The second-order valence-corrected chi connectivity index (χ2v) is 17.3. The number of carbonyl (C=O) groups excluding carboxylic acids is 2. The minimum absolute atomic E-state index is 0.0212. The number of nitrogens with one attached hydrogen (secondary N) is 1. The topological polar surface area (TPSA) is 75.6 Å². The lowest BCUT2D eigenvalue weighted by molar-refractivity contribution is -0.202. The molecule has 9 atom stereocenters. The average Bonchev–Trinajstić information content (AvgIpc) is 2.82. The number of allylic oxidation sites excluding steroid dienone is 2. The van der Waals surface area contributed by atoms with Gasteiger partial charge in [-0.2, -0.15) is 0 Å². The highest BCUT2D eigenvalue weighted by molar-refractivity contribution is 5.95. The van der Waals surface area contributed by atoms with Crippen LogP contribution in [0.15, 0.2) is 11.6 Å². The first kappa shape index (κ1) is 29.3. The monoisotopic (exact) mass is 541 g/mol. The Morgan fingerprint density at radius 3 is 2.23 bits per heavy atom.